The Bertz CT molecular complexity index is 1120. The number of benzene rings is 3. The smallest absolute Gasteiger partial charge is 0.333 e. The fourth-order valence-electron chi connectivity index (χ4n) is 3.37. The van der Waals surface area contributed by atoms with Gasteiger partial charge in [0.05, 0.1) is 17.6 Å². The maximum absolute atomic E-state index is 11.5. The Morgan fingerprint density at radius 1 is 0.893 bits per heavy atom. The summed E-state index contributed by atoms with van der Waals surface area (Å²) in [6.07, 6.45) is 0.678. The molecule has 0 unspecified atom stereocenters. The van der Waals surface area contributed by atoms with Gasteiger partial charge in [-0.25, -0.2) is 9.78 Å². The second-order valence-corrected chi connectivity index (χ2v) is 6.88. The number of ether oxygens (including phenoxy) is 1. The van der Waals surface area contributed by atoms with E-state index in [9.17, 15) is 4.79 Å². The highest BCUT2D eigenvalue weighted by atomic mass is 16.5. The van der Waals surface area contributed by atoms with E-state index in [1.807, 2.05) is 24.3 Å². The normalized spacial score (nSPS) is 10.9. The van der Waals surface area contributed by atoms with E-state index in [0.717, 1.165) is 32.9 Å². The van der Waals surface area contributed by atoms with E-state index in [-0.39, 0.29) is 5.97 Å². The van der Waals surface area contributed by atoms with Crippen molar-refractivity contribution < 1.29 is 9.53 Å². The van der Waals surface area contributed by atoms with Gasteiger partial charge in [0.1, 0.15) is 0 Å². The summed E-state index contributed by atoms with van der Waals surface area (Å²) >= 11 is 0. The van der Waals surface area contributed by atoms with E-state index in [2.05, 4.69) is 55.1 Å². The minimum absolute atomic E-state index is 0.341. The largest absolute Gasteiger partial charge is 0.462 e. The highest BCUT2D eigenvalue weighted by Crippen LogP contribution is 2.34. The summed E-state index contributed by atoms with van der Waals surface area (Å²) in [6.45, 7) is 5.60. The summed E-state index contributed by atoms with van der Waals surface area (Å²) in [6, 6.07) is 24.9. The number of rotatable bonds is 5. The van der Waals surface area contributed by atoms with Crippen LogP contribution in [-0.4, -0.2) is 17.6 Å². The molecule has 0 N–H and O–H groups in total. The van der Waals surface area contributed by atoms with Crippen LogP contribution in [-0.2, 0) is 16.0 Å². The van der Waals surface area contributed by atoms with Crippen molar-refractivity contribution >= 4 is 27.8 Å². The van der Waals surface area contributed by atoms with Gasteiger partial charge in [0.15, 0.2) is 0 Å². The first kappa shape index (κ1) is 17.9. The zero-order valence-electron chi connectivity index (χ0n) is 15.8. The molecule has 1 aromatic heterocycles. The molecule has 3 nitrogen and oxygen atoms in total. The minimum Gasteiger partial charge on any atom is -0.462 e. The van der Waals surface area contributed by atoms with Gasteiger partial charge in [-0.15, -0.1) is 0 Å². The van der Waals surface area contributed by atoms with E-state index < -0.39 is 0 Å². The van der Waals surface area contributed by atoms with Crippen LogP contribution in [0.15, 0.2) is 84.9 Å². The summed E-state index contributed by atoms with van der Waals surface area (Å²) < 4.78 is 5.19. The van der Waals surface area contributed by atoms with E-state index >= 15 is 0 Å². The lowest BCUT2D eigenvalue weighted by molar-refractivity contribution is -0.138. The molecule has 0 saturated heterocycles. The lowest BCUT2D eigenvalue weighted by atomic mass is 9.95. The molecule has 0 spiro atoms. The molecular formula is C25H21NO2. The average Bonchev–Trinajstić information content (AvgIpc) is 2.72. The fourth-order valence-corrected chi connectivity index (χ4v) is 3.37. The number of aromatic nitrogens is 1. The number of pyridine rings is 1. The fraction of sp³-hybridized carbons (Fsp3) is 0.120. The molecular weight excluding hydrogens is 346 g/mol. The number of nitrogens with zero attached hydrogens (tertiary/aromatic N) is 1. The number of fused-ring (bicyclic) bond motifs is 2. The number of carbonyl (C=O) groups excluding carboxylic acids is 1. The van der Waals surface area contributed by atoms with Gasteiger partial charge in [-0.3, -0.25) is 0 Å². The Kier molecular flexibility index (Phi) is 4.90. The minimum atomic E-state index is -0.341. The number of esters is 1. The zero-order chi connectivity index (χ0) is 19.5. The van der Waals surface area contributed by atoms with Crippen LogP contribution in [0.3, 0.4) is 0 Å². The number of para-hydroxylation sites is 2. The molecule has 0 bridgehead atoms. The molecule has 0 radical (unpaired) electrons. The summed E-state index contributed by atoms with van der Waals surface area (Å²) in [5.41, 5.74) is 5.88. The topological polar surface area (TPSA) is 39.2 Å². The maximum atomic E-state index is 11.5. The molecule has 0 aliphatic heterocycles. The molecule has 0 amide bonds. The van der Waals surface area contributed by atoms with Crippen LogP contribution in [0.5, 0.6) is 0 Å². The second kappa shape index (κ2) is 7.65. The Morgan fingerprint density at radius 2 is 1.46 bits per heavy atom. The third kappa shape index (κ3) is 3.52. The Morgan fingerprint density at radius 3 is 2.04 bits per heavy atom. The summed E-state index contributed by atoms with van der Waals surface area (Å²) in [5, 5.41) is 2.29. The third-order valence-corrected chi connectivity index (χ3v) is 4.80. The van der Waals surface area contributed by atoms with Gasteiger partial charge in [-0.1, -0.05) is 67.2 Å². The van der Waals surface area contributed by atoms with Crippen LogP contribution < -0.4 is 0 Å². The van der Waals surface area contributed by atoms with Gasteiger partial charge in [0.25, 0.3) is 0 Å². The van der Waals surface area contributed by atoms with Gasteiger partial charge in [0, 0.05) is 28.3 Å². The van der Waals surface area contributed by atoms with E-state index in [1.165, 1.54) is 5.56 Å². The average molecular weight is 367 g/mol. The van der Waals surface area contributed by atoms with Crippen molar-refractivity contribution in [3.8, 4) is 11.1 Å². The predicted octanol–water partition coefficient (Wildman–Crippen LogP) is 5.72. The SMILES string of the molecule is C=C(C)C(=O)OCCc1ccc(-c2c3ccccc3nc3ccccc23)cc1. The van der Waals surface area contributed by atoms with Crippen LogP contribution in [0, 0.1) is 0 Å². The van der Waals surface area contributed by atoms with Crippen molar-refractivity contribution in [3.05, 3.63) is 90.5 Å². The van der Waals surface area contributed by atoms with Crippen LogP contribution in [0.2, 0.25) is 0 Å². The van der Waals surface area contributed by atoms with Crippen LogP contribution in [0.25, 0.3) is 32.9 Å². The lowest BCUT2D eigenvalue weighted by Gasteiger charge is -2.12. The van der Waals surface area contributed by atoms with Crippen molar-refractivity contribution in [3.63, 3.8) is 0 Å². The first-order valence-corrected chi connectivity index (χ1v) is 9.33. The van der Waals surface area contributed by atoms with Crippen LogP contribution in [0.4, 0.5) is 0 Å². The van der Waals surface area contributed by atoms with Crippen LogP contribution in [0.1, 0.15) is 12.5 Å². The van der Waals surface area contributed by atoms with Crippen molar-refractivity contribution in [2.45, 2.75) is 13.3 Å². The Hall–Kier alpha value is -3.46. The highest BCUT2D eigenvalue weighted by Gasteiger charge is 2.11. The maximum Gasteiger partial charge on any atom is 0.333 e. The molecule has 3 aromatic carbocycles. The molecule has 0 fully saturated rings. The summed E-state index contributed by atoms with van der Waals surface area (Å²) in [7, 11) is 0. The van der Waals surface area contributed by atoms with E-state index in [4.69, 9.17) is 9.72 Å². The van der Waals surface area contributed by atoms with Crippen LogP contribution >= 0.6 is 0 Å². The molecule has 28 heavy (non-hydrogen) atoms. The lowest BCUT2D eigenvalue weighted by Crippen LogP contribution is -2.07. The molecule has 4 aromatic rings. The number of hydrogen-bond acceptors (Lipinski definition) is 3. The predicted molar refractivity (Wildman–Crippen MR) is 114 cm³/mol. The molecule has 1 heterocycles. The number of carbonyl (C=O) groups is 1. The monoisotopic (exact) mass is 367 g/mol. The summed E-state index contributed by atoms with van der Waals surface area (Å²) in [5.74, 6) is -0.341. The second-order valence-electron chi connectivity index (χ2n) is 6.88. The first-order chi connectivity index (χ1) is 13.6. The summed E-state index contributed by atoms with van der Waals surface area (Å²) in [4.78, 5) is 16.3. The molecule has 0 atom stereocenters. The molecule has 0 aliphatic rings. The quantitative estimate of drug-likeness (QED) is 0.257. The third-order valence-electron chi connectivity index (χ3n) is 4.80. The molecule has 4 rings (SSSR count). The van der Waals surface area contributed by atoms with Crippen molar-refractivity contribution in [1.29, 1.82) is 0 Å². The molecule has 138 valence electrons. The van der Waals surface area contributed by atoms with Gasteiger partial charge < -0.3 is 4.74 Å². The van der Waals surface area contributed by atoms with E-state index in [1.54, 1.807) is 6.92 Å². The van der Waals surface area contributed by atoms with Gasteiger partial charge in [-0.2, -0.15) is 0 Å². The highest BCUT2D eigenvalue weighted by molar-refractivity contribution is 6.09. The standard InChI is InChI=1S/C25H21NO2/c1-17(2)25(27)28-16-15-18-11-13-19(14-12-18)24-20-7-3-5-9-22(20)26-23-10-6-4-8-21(23)24/h3-14H,1,15-16H2,2H3. The molecule has 3 heteroatoms. The zero-order valence-corrected chi connectivity index (χ0v) is 15.8. The molecule has 0 saturated carbocycles. The van der Waals surface area contributed by atoms with Gasteiger partial charge in [0.2, 0.25) is 0 Å². The molecule has 0 aliphatic carbocycles. The first-order valence-electron chi connectivity index (χ1n) is 9.33. The van der Waals surface area contributed by atoms with Crippen molar-refractivity contribution in [2.75, 3.05) is 6.61 Å². The van der Waals surface area contributed by atoms with Crippen molar-refractivity contribution in [2.24, 2.45) is 0 Å². The van der Waals surface area contributed by atoms with Gasteiger partial charge >= 0.3 is 5.97 Å². The van der Waals surface area contributed by atoms with Gasteiger partial charge in [-0.05, 0) is 30.2 Å². The Labute approximate surface area is 164 Å². The Balaban J connectivity index is 1.68. The number of hydrogen-bond donors (Lipinski definition) is 0. The van der Waals surface area contributed by atoms with Crippen molar-refractivity contribution in [1.82, 2.24) is 4.98 Å². The van der Waals surface area contributed by atoms with E-state index in [0.29, 0.717) is 18.6 Å².